The molecule has 10 heteroatoms. The van der Waals surface area contributed by atoms with Gasteiger partial charge in [0.1, 0.15) is 18.2 Å². The molecular weight excluding hydrogens is 461 g/mol. The molecule has 0 fully saturated rings. The molecule has 0 bridgehead atoms. The normalized spacial score (nSPS) is 14.5. The fourth-order valence-corrected chi connectivity index (χ4v) is 4.31. The molecule has 4 aromatic rings. The lowest BCUT2D eigenvalue weighted by molar-refractivity contribution is 0.243. The van der Waals surface area contributed by atoms with Crippen LogP contribution in [0, 0.1) is 5.82 Å². The first-order valence-electron chi connectivity index (χ1n) is 12.1. The monoisotopic (exact) mass is 489 g/mol. The summed E-state index contributed by atoms with van der Waals surface area (Å²) in [7, 11) is 1.54. The molecule has 0 spiro atoms. The molecule has 0 saturated heterocycles. The van der Waals surface area contributed by atoms with Crippen LogP contribution >= 0.6 is 0 Å². The van der Waals surface area contributed by atoms with Gasteiger partial charge >= 0.3 is 0 Å². The number of fused-ring (bicyclic) bond motifs is 1. The molecule has 1 N–H and O–H groups in total. The fraction of sp³-hybridized carbons (Fsp3) is 0.346. The number of ether oxygens (including phenoxy) is 2. The van der Waals surface area contributed by atoms with Crippen LogP contribution in [-0.4, -0.2) is 50.0 Å². The Labute approximate surface area is 208 Å². The summed E-state index contributed by atoms with van der Waals surface area (Å²) < 4.78 is 26.9. The summed E-state index contributed by atoms with van der Waals surface area (Å²) in [6.07, 6.45) is 5.53. The van der Waals surface area contributed by atoms with Crippen LogP contribution in [0.5, 0.6) is 11.8 Å². The van der Waals surface area contributed by atoms with E-state index in [1.807, 2.05) is 6.07 Å². The SMILES string of the molecule is CCCCNc1nccc(-c2c(-c3ccc(F)cc3)nc3n2C(COc2ccc(OC)nn2)CC3)n1. The number of anilines is 1. The van der Waals surface area contributed by atoms with Gasteiger partial charge in [0, 0.05) is 36.9 Å². The number of imidazole rings is 1. The van der Waals surface area contributed by atoms with Gasteiger partial charge in [-0.05, 0) is 43.2 Å². The highest BCUT2D eigenvalue weighted by Gasteiger charge is 2.31. The Bertz CT molecular complexity index is 1310. The maximum atomic E-state index is 13.7. The van der Waals surface area contributed by atoms with E-state index in [4.69, 9.17) is 19.4 Å². The van der Waals surface area contributed by atoms with Crippen LogP contribution in [0.1, 0.15) is 38.1 Å². The minimum atomic E-state index is -0.289. The average molecular weight is 490 g/mol. The van der Waals surface area contributed by atoms with Crippen molar-refractivity contribution in [3.63, 3.8) is 0 Å². The number of hydrogen-bond acceptors (Lipinski definition) is 8. The molecular formula is C26H28FN7O2. The molecule has 5 rings (SSSR count). The number of aromatic nitrogens is 6. The number of benzene rings is 1. The largest absolute Gasteiger partial charge is 0.480 e. The molecule has 36 heavy (non-hydrogen) atoms. The van der Waals surface area contributed by atoms with Gasteiger partial charge in [0.2, 0.25) is 17.7 Å². The zero-order valence-corrected chi connectivity index (χ0v) is 20.3. The second-order valence-corrected chi connectivity index (χ2v) is 8.57. The summed E-state index contributed by atoms with van der Waals surface area (Å²) in [5, 5.41) is 11.3. The van der Waals surface area contributed by atoms with Crippen molar-refractivity contribution in [2.45, 2.75) is 38.6 Å². The van der Waals surface area contributed by atoms with Crippen LogP contribution in [-0.2, 0) is 6.42 Å². The molecule has 0 amide bonds. The van der Waals surface area contributed by atoms with Crippen molar-refractivity contribution < 1.29 is 13.9 Å². The standard InChI is InChI=1S/C26H28FN7O2/c1-3-4-14-28-26-29-15-13-20(30-26)25-24(17-5-7-18(27)8-6-17)31-21-10-9-19(34(21)25)16-36-23-12-11-22(35-2)32-33-23/h5-8,11-13,15,19H,3-4,9-10,14,16H2,1-2H3,(H,28,29,30). The third-order valence-electron chi connectivity index (χ3n) is 6.13. The zero-order chi connectivity index (χ0) is 24.9. The Hall–Kier alpha value is -4.08. The van der Waals surface area contributed by atoms with Crippen LogP contribution in [0.25, 0.3) is 22.6 Å². The molecule has 1 atom stereocenters. The summed E-state index contributed by atoms with van der Waals surface area (Å²) in [6.45, 7) is 3.34. The summed E-state index contributed by atoms with van der Waals surface area (Å²) in [5.74, 6) is 2.08. The van der Waals surface area contributed by atoms with Crippen molar-refractivity contribution in [2.75, 3.05) is 25.6 Å². The van der Waals surface area contributed by atoms with E-state index in [0.29, 0.717) is 24.3 Å². The van der Waals surface area contributed by atoms with Gasteiger partial charge in [-0.1, -0.05) is 13.3 Å². The quantitative estimate of drug-likeness (QED) is 0.319. The number of nitrogens with one attached hydrogen (secondary N) is 1. The molecule has 186 valence electrons. The highest BCUT2D eigenvalue weighted by atomic mass is 19.1. The zero-order valence-electron chi connectivity index (χ0n) is 20.3. The number of rotatable bonds is 10. The number of methoxy groups -OCH3 is 1. The van der Waals surface area contributed by atoms with E-state index in [9.17, 15) is 4.39 Å². The van der Waals surface area contributed by atoms with Gasteiger partial charge in [0.15, 0.2) is 0 Å². The average Bonchev–Trinajstić information content (AvgIpc) is 3.48. The van der Waals surface area contributed by atoms with Gasteiger partial charge in [-0.3, -0.25) is 0 Å². The highest BCUT2D eigenvalue weighted by molar-refractivity contribution is 5.78. The summed E-state index contributed by atoms with van der Waals surface area (Å²) in [4.78, 5) is 14.2. The van der Waals surface area contributed by atoms with Gasteiger partial charge in [0.25, 0.3) is 0 Å². The third kappa shape index (κ3) is 4.98. The van der Waals surface area contributed by atoms with Crippen LogP contribution in [0.3, 0.4) is 0 Å². The Balaban J connectivity index is 1.50. The molecule has 0 saturated carbocycles. The predicted octanol–water partition coefficient (Wildman–Crippen LogP) is 4.72. The Morgan fingerprint density at radius 2 is 1.86 bits per heavy atom. The molecule has 1 aliphatic heterocycles. The fourth-order valence-electron chi connectivity index (χ4n) is 4.31. The van der Waals surface area contributed by atoms with E-state index in [0.717, 1.165) is 60.7 Å². The minimum Gasteiger partial charge on any atom is -0.480 e. The number of nitrogens with zero attached hydrogens (tertiary/aromatic N) is 6. The molecule has 3 aromatic heterocycles. The number of hydrogen-bond donors (Lipinski definition) is 1. The second kappa shape index (κ2) is 10.7. The van der Waals surface area contributed by atoms with Gasteiger partial charge in [-0.2, -0.15) is 0 Å². The Morgan fingerprint density at radius 1 is 1.06 bits per heavy atom. The van der Waals surface area contributed by atoms with Crippen LogP contribution in [0.4, 0.5) is 10.3 Å². The Kier molecular flexibility index (Phi) is 7.01. The van der Waals surface area contributed by atoms with Gasteiger partial charge in [0.05, 0.1) is 30.2 Å². The number of aryl methyl sites for hydroxylation is 1. The second-order valence-electron chi connectivity index (χ2n) is 8.57. The predicted molar refractivity (Wildman–Crippen MR) is 133 cm³/mol. The molecule has 1 unspecified atom stereocenters. The molecule has 0 aliphatic carbocycles. The number of halogens is 1. The van der Waals surface area contributed by atoms with Crippen molar-refractivity contribution in [3.8, 4) is 34.4 Å². The lowest BCUT2D eigenvalue weighted by atomic mass is 10.1. The van der Waals surface area contributed by atoms with Crippen molar-refractivity contribution >= 4 is 5.95 Å². The minimum absolute atomic E-state index is 0.0204. The van der Waals surface area contributed by atoms with E-state index in [-0.39, 0.29) is 11.9 Å². The number of unbranched alkanes of at least 4 members (excludes halogenated alkanes) is 1. The maximum Gasteiger partial charge on any atom is 0.233 e. The van der Waals surface area contributed by atoms with Gasteiger partial charge in [-0.15, -0.1) is 10.2 Å². The highest BCUT2D eigenvalue weighted by Crippen LogP contribution is 2.39. The van der Waals surface area contributed by atoms with Crippen molar-refractivity contribution in [3.05, 3.63) is 60.3 Å². The smallest absolute Gasteiger partial charge is 0.233 e. The van der Waals surface area contributed by atoms with Crippen molar-refractivity contribution in [1.82, 2.24) is 29.7 Å². The molecule has 0 radical (unpaired) electrons. The first kappa shape index (κ1) is 23.7. The summed E-state index contributed by atoms with van der Waals surface area (Å²) in [5.41, 5.74) is 3.20. The lowest BCUT2D eigenvalue weighted by Crippen LogP contribution is -2.16. The summed E-state index contributed by atoms with van der Waals surface area (Å²) in [6, 6.07) is 11.7. The van der Waals surface area contributed by atoms with E-state index >= 15 is 0 Å². The topological polar surface area (TPSA) is 99.9 Å². The maximum absolute atomic E-state index is 13.7. The van der Waals surface area contributed by atoms with E-state index in [2.05, 4.69) is 32.0 Å². The summed E-state index contributed by atoms with van der Waals surface area (Å²) >= 11 is 0. The van der Waals surface area contributed by atoms with Crippen LogP contribution in [0.15, 0.2) is 48.7 Å². The van der Waals surface area contributed by atoms with E-state index < -0.39 is 0 Å². The third-order valence-corrected chi connectivity index (χ3v) is 6.13. The molecule has 1 aromatic carbocycles. The van der Waals surface area contributed by atoms with Crippen LogP contribution in [0.2, 0.25) is 0 Å². The molecule has 1 aliphatic rings. The molecule has 9 nitrogen and oxygen atoms in total. The van der Waals surface area contributed by atoms with Gasteiger partial charge in [-0.25, -0.2) is 19.3 Å². The van der Waals surface area contributed by atoms with Crippen molar-refractivity contribution in [1.29, 1.82) is 0 Å². The lowest BCUT2D eigenvalue weighted by Gasteiger charge is -2.18. The first-order chi connectivity index (χ1) is 17.7. The van der Waals surface area contributed by atoms with E-state index in [1.165, 1.54) is 12.1 Å². The Morgan fingerprint density at radius 3 is 2.61 bits per heavy atom. The van der Waals surface area contributed by atoms with E-state index in [1.54, 1.807) is 37.6 Å². The van der Waals surface area contributed by atoms with Crippen LogP contribution < -0.4 is 14.8 Å². The van der Waals surface area contributed by atoms with Crippen molar-refractivity contribution in [2.24, 2.45) is 0 Å². The molecule has 4 heterocycles. The van der Waals surface area contributed by atoms with Gasteiger partial charge < -0.3 is 19.4 Å². The first-order valence-corrected chi connectivity index (χ1v) is 12.1.